The summed E-state index contributed by atoms with van der Waals surface area (Å²) in [5, 5.41) is 6.19. The van der Waals surface area contributed by atoms with Crippen molar-refractivity contribution in [3.63, 3.8) is 0 Å². The summed E-state index contributed by atoms with van der Waals surface area (Å²) in [7, 11) is 0. The van der Waals surface area contributed by atoms with Crippen molar-refractivity contribution in [2.45, 2.75) is 90.5 Å². The van der Waals surface area contributed by atoms with E-state index in [1.165, 1.54) is 76.2 Å². The zero-order valence-corrected chi connectivity index (χ0v) is 16.9. The van der Waals surface area contributed by atoms with Gasteiger partial charge in [-0.25, -0.2) is 0 Å². The second kappa shape index (κ2) is 17.1. The van der Waals surface area contributed by atoms with Gasteiger partial charge in [0.2, 0.25) is 5.91 Å². The lowest BCUT2D eigenvalue weighted by atomic mass is 10.1. The number of rotatable bonds is 17. The third kappa shape index (κ3) is 13.9. The van der Waals surface area contributed by atoms with Crippen LogP contribution in [0.5, 0.6) is 0 Å². The Balaban J connectivity index is 1.79. The SMILES string of the molecule is CCCCCCCCCCCCCCNC(=O)CNCc1ccccc1. The Morgan fingerprint density at radius 2 is 1.31 bits per heavy atom. The van der Waals surface area contributed by atoms with Crippen molar-refractivity contribution < 1.29 is 4.79 Å². The zero-order chi connectivity index (χ0) is 18.7. The van der Waals surface area contributed by atoms with Crippen LogP contribution in [0.3, 0.4) is 0 Å². The first-order valence-electron chi connectivity index (χ1n) is 10.8. The van der Waals surface area contributed by atoms with Gasteiger partial charge < -0.3 is 10.6 Å². The Morgan fingerprint density at radius 3 is 1.88 bits per heavy atom. The van der Waals surface area contributed by atoms with Crippen LogP contribution in [0.1, 0.15) is 89.5 Å². The summed E-state index contributed by atoms with van der Waals surface area (Å²) in [5.41, 5.74) is 1.21. The van der Waals surface area contributed by atoms with E-state index in [0.29, 0.717) is 6.54 Å². The van der Waals surface area contributed by atoms with Crippen molar-refractivity contribution in [2.24, 2.45) is 0 Å². The van der Waals surface area contributed by atoms with E-state index in [9.17, 15) is 4.79 Å². The molecular weight excluding hydrogens is 320 g/mol. The quantitative estimate of drug-likeness (QED) is 0.355. The molecule has 3 heteroatoms. The normalized spacial score (nSPS) is 10.8. The van der Waals surface area contributed by atoms with Crippen molar-refractivity contribution >= 4 is 5.91 Å². The van der Waals surface area contributed by atoms with E-state index in [4.69, 9.17) is 0 Å². The van der Waals surface area contributed by atoms with Crippen molar-refractivity contribution in [3.05, 3.63) is 35.9 Å². The average Bonchev–Trinajstić information content (AvgIpc) is 2.66. The van der Waals surface area contributed by atoms with E-state index >= 15 is 0 Å². The number of nitrogens with one attached hydrogen (secondary N) is 2. The first-order chi connectivity index (χ1) is 12.8. The molecule has 0 aromatic heterocycles. The number of carbonyl (C=O) groups excluding carboxylic acids is 1. The summed E-state index contributed by atoms with van der Waals surface area (Å²) in [6, 6.07) is 10.2. The van der Waals surface area contributed by atoms with Crippen molar-refractivity contribution in [2.75, 3.05) is 13.1 Å². The highest BCUT2D eigenvalue weighted by Gasteiger charge is 2.00. The molecule has 0 aliphatic rings. The van der Waals surface area contributed by atoms with Gasteiger partial charge in [-0.2, -0.15) is 0 Å². The topological polar surface area (TPSA) is 41.1 Å². The third-order valence-electron chi connectivity index (χ3n) is 4.81. The minimum atomic E-state index is 0.101. The first kappa shape index (κ1) is 22.7. The largest absolute Gasteiger partial charge is 0.355 e. The Kier molecular flexibility index (Phi) is 14.9. The molecule has 0 radical (unpaired) electrons. The van der Waals surface area contributed by atoms with Gasteiger partial charge in [0.05, 0.1) is 6.54 Å². The Morgan fingerprint density at radius 1 is 0.769 bits per heavy atom. The van der Waals surface area contributed by atoms with E-state index in [1.54, 1.807) is 0 Å². The standard InChI is InChI=1S/C23H40N2O/c1-2-3-4-5-6-7-8-9-10-11-12-16-19-25-23(26)21-24-20-22-17-14-13-15-18-22/h13-15,17-18,24H,2-12,16,19-21H2,1H3,(H,25,26). The molecule has 0 unspecified atom stereocenters. The highest BCUT2D eigenvalue weighted by molar-refractivity contribution is 5.77. The maximum atomic E-state index is 11.8. The number of hydrogen-bond acceptors (Lipinski definition) is 2. The molecule has 148 valence electrons. The molecule has 0 bridgehead atoms. The summed E-state index contributed by atoms with van der Waals surface area (Å²) in [4.78, 5) is 11.8. The molecule has 0 aliphatic heterocycles. The number of amides is 1. The van der Waals surface area contributed by atoms with Gasteiger partial charge in [0, 0.05) is 13.1 Å². The van der Waals surface area contributed by atoms with Crippen molar-refractivity contribution in [1.82, 2.24) is 10.6 Å². The fraction of sp³-hybridized carbons (Fsp3) is 0.696. The van der Waals surface area contributed by atoms with Gasteiger partial charge >= 0.3 is 0 Å². The van der Waals surface area contributed by atoms with Crippen LogP contribution in [0, 0.1) is 0 Å². The highest BCUT2D eigenvalue weighted by Crippen LogP contribution is 2.11. The molecule has 1 aromatic rings. The maximum absolute atomic E-state index is 11.8. The molecule has 1 aromatic carbocycles. The van der Waals surface area contributed by atoms with Gasteiger partial charge in [0.15, 0.2) is 0 Å². The summed E-state index contributed by atoms with van der Waals surface area (Å²) in [6.07, 6.45) is 16.2. The molecule has 1 rings (SSSR count). The van der Waals surface area contributed by atoms with E-state index in [0.717, 1.165) is 19.5 Å². The zero-order valence-electron chi connectivity index (χ0n) is 16.9. The summed E-state index contributed by atoms with van der Waals surface area (Å²) in [5.74, 6) is 0.101. The Bertz CT molecular complexity index is 433. The van der Waals surface area contributed by atoms with Crippen LogP contribution in [0.2, 0.25) is 0 Å². The lowest BCUT2D eigenvalue weighted by molar-refractivity contribution is -0.120. The number of unbranched alkanes of at least 4 members (excludes halogenated alkanes) is 11. The molecule has 0 aliphatic carbocycles. The van der Waals surface area contributed by atoms with E-state index in [-0.39, 0.29) is 5.91 Å². The number of hydrogen-bond donors (Lipinski definition) is 2. The summed E-state index contributed by atoms with van der Waals surface area (Å²) < 4.78 is 0. The predicted molar refractivity (Wildman–Crippen MR) is 112 cm³/mol. The van der Waals surface area contributed by atoms with E-state index < -0.39 is 0 Å². The number of benzene rings is 1. The first-order valence-corrected chi connectivity index (χ1v) is 10.8. The number of carbonyl (C=O) groups is 1. The summed E-state index contributed by atoms with van der Waals surface area (Å²) >= 11 is 0. The van der Waals surface area contributed by atoms with Crippen LogP contribution in [0.15, 0.2) is 30.3 Å². The molecule has 0 saturated carbocycles. The van der Waals surface area contributed by atoms with Crippen molar-refractivity contribution in [3.8, 4) is 0 Å². The van der Waals surface area contributed by atoms with Crippen LogP contribution in [-0.4, -0.2) is 19.0 Å². The Labute approximate surface area is 161 Å². The molecular formula is C23H40N2O. The second-order valence-corrected chi connectivity index (χ2v) is 7.33. The minimum absolute atomic E-state index is 0.101. The van der Waals surface area contributed by atoms with Gasteiger partial charge in [-0.3, -0.25) is 4.79 Å². The second-order valence-electron chi connectivity index (χ2n) is 7.33. The minimum Gasteiger partial charge on any atom is -0.355 e. The third-order valence-corrected chi connectivity index (χ3v) is 4.81. The van der Waals surface area contributed by atoms with E-state index in [2.05, 4.69) is 29.7 Å². The van der Waals surface area contributed by atoms with Crippen LogP contribution < -0.4 is 10.6 Å². The lowest BCUT2D eigenvalue weighted by Crippen LogP contribution is -2.34. The molecule has 1 amide bonds. The van der Waals surface area contributed by atoms with Gasteiger partial charge in [0.1, 0.15) is 0 Å². The summed E-state index contributed by atoms with van der Waals surface area (Å²) in [6.45, 7) is 4.22. The molecule has 0 spiro atoms. The predicted octanol–water partition coefficient (Wildman–Crippen LogP) is 5.59. The monoisotopic (exact) mass is 360 g/mol. The van der Waals surface area contributed by atoms with Gasteiger partial charge in [-0.15, -0.1) is 0 Å². The maximum Gasteiger partial charge on any atom is 0.233 e. The van der Waals surface area contributed by atoms with Crippen molar-refractivity contribution in [1.29, 1.82) is 0 Å². The highest BCUT2D eigenvalue weighted by atomic mass is 16.1. The lowest BCUT2D eigenvalue weighted by Gasteiger charge is -2.07. The molecule has 0 atom stereocenters. The van der Waals surface area contributed by atoms with Crippen LogP contribution in [0.4, 0.5) is 0 Å². The molecule has 0 heterocycles. The smallest absolute Gasteiger partial charge is 0.233 e. The molecule has 26 heavy (non-hydrogen) atoms. The van der Waals surface area contributed by atoms with Gasteiger partial charge in [-0.1, -0.05) is 108 Å². The molecule has 2 N–H and O–H groups in total. The van der Waals surface area contributed by atoms with Gasteiger partial charge in [0.25, 0.3) is 0 Å². The van der Waals surface area contributed by atoms with Crippen LogP contribution in [-0.2, 0) is 11.3 Å². The van der Waals surface area contributed by atoms with Crippen LogP contribution >= 0.6 is 0 Å². The average molecular weight is 361 g/mol. The molecule has 0 saturated heterocycles. The molecule has 3 nitrogen and oxygen atoms in total. The van der Waals surface area contributed by atoms with Gasteiger partial charge in [-0.05, 0) is 12.0 Å². The fourth-order valence-corrected chi connectivity index (χ4v) is 3.17. The van der Waals surface area contributed by atoms with Crippen LogP contribution in [0.25, 0.3) is 0 Å². The molecule has 0 fully saturated rings. The fourth-order valence-electron chi connectivity index (χ4n) is 3.17. The Hall–Kier alpha value is -1.35. The van der Waals surface area contributed by atoms with E-state index in [1.807, 2.05) is 18.2 Å².